The second-order valence-electron chi connectivity index (χ2n) is 1.13. The molecule has 1 rings (SSSR count). The Bertz CT molecular complexity index is 100. The van der Waals surface area contributed by atoms with Crippen LogP contribution in [0.4, 0.5) is 0 Å². The van der Waals surface area contributed by atoms with E-state index in [1.807, 2.05) is 5.41 Å². The molecule has 0 aromatic carbocycles. The summed E-state index contributed by atoms with van der Waals surface area (Å²) in [6, 6.07) is 0. The van der Waals surface area contributed by atoms with Crippen LogP contribution in [0.1, 0.15) is 0 Å². The number of hydrogen-bond donors (Lipinski definition) is 0. The van der Waals surface area contributed by atoms with Crippen LogP contribution in [-0.2, 0) is 0 Å². The zero-order chi connectivity index (χ0) is 5.28. The van der Waals surface area contributed by atoms with Crippen LogP contribution in [0.15, 0.2) is 10.4 Å². The van der Waals surface area contributed by atoms with Gasteiger partial charge in [0.1, 0.15) is 5.03 Å². The van der Waals surface area contributed by atoms with Gasteiger partial charge in [0.15, 0.2) is 0 Å². The number of hydrogen-bond acceptors (Lipinski definition) is 2. The summed E-state index contributed by atoms with van der Waals surface area (Å²) in [5, 5.41) is 2.67. The normalized spacial score (nSPS) is 20.1. The molecule has 4 heteroatoms. The fraction of sp³-hybridized carbons (Fsp3) is 0.333. The van der Waals surface area contributed by atoms with Gasteiger partial charge in [-0.2, -0.15) is 0 Å². The Labute approximate surface area is 58.1 Å². The topological polar surface area (TPSA) is 3.24 Å². The van der Waals surface area contributed by atoms with Gasteiger partial charge in [0.25, 0.3) is 0 Å². The van der Waals surface area contributed by atoms with Gasteiger partial charge in [-0.15, -0.1) is 11.8 Å². The summed E-state index contributed by atoms with van der Waals surface area (Å²) in [5.74, 6) is 0.841. The molecular formula is C3H3NS3. The van der Waals surface area contributed by atoms with E-state index in [0.29, 0.717) is 0 Å². The average Bonchev–Trinajstić information content (AvgIpc) is 1.91. The summed E-state index contributed by atoms with van der Waals surface area (Å²) in [7, 11) is 0. The van der Waals surface area contributed by atoms with Gasteiger partial charge < -0.3 is 0 Å². The third kappa shape index (κ3) is 1.17. The first-order chi connectivity index (χ1) is 3.30. The molecule has 0 bridgehead atoms. The zero-order valence-corrected chi connectivity index (χ0v) is 5.91. The molecule has 1 aliphatic heterocycles. The van der Waals surface area contributed by atoms with E-state index in [-0.39, 0.29) is 0 Å². The molecule has 2 radical (unpaired) electrons. The van der Waals surface area contributed by atoms with Crippen LogP contribution in [-0.4, -0.2) is 10.2 Å². The van der Waals surface area contributed by atoms with E-state index in [4.69, 9.17) is 25.4 Å². The van der Waals surface area contributed by atoms with Crippen LogP contribution in [0.25, 0.3) is 0 Å². The minimum Gasteiger partial charge on any atom is -0.285 e. The summed E-state index contributed by atoms with van der Waals surface area (Å²) in [4.78, 5) is 0. The van der Waals surface area contributed by atoms with Crippen LogP contribution in [0.2, 0.25) is 0 Å². The highest BCUT2D eigenvalue weighted by atomic mass is 32.2. The first-order valence-corrected chi connectivity index (χ1v) is 3.56. The van der Waals surface area contributed by atoms with Crippen molar-refractivity contribution >= 4 is 37.2 Å². The molecular weight excluding hydrogens is 146 g/mol. The van der Waals surface area contributed by atoms with Crippen LogP contribution >= 0.6 is 37.2 Å². The average molecular weight is 149 g/mol. The Morgan fingerprint density at radius 3 is 2.71 bits per heavy atom. The maximum absolute atomic E-state index is 4.79. The molecule has 1 nitrogen and oxygen atoms in total. The molecule has 0 atom stereocenters. The van der Waals surface area contributed by atoms with Gasteiger partial charge in [0.2, 0.25) is 0 Å². The van der Waals surface area contributed by atoms with Gasteiger partial charge in [0, 0.05) is 18.2 Å². The van der Waals surface area contributed by atoms with Crippen molar-refractivity contribution in [3.05, 3.63) is 10.4 Å². The maximum atomic E-state index is 4.79. The number of nitrogens with zero attached hydrogens (tertiary/aromatic N) is 1. The fourth-order valence-corrected chi connectivity index (χ4v) is 1.57. The lowest BCUT2D eigenvalue weighted by Gasteiger charge is -2.02. The van der Waals surface area contributed by atoms with E-state index >= 15 is 0 Å². The molecule has 0 N–H and O–H groups in total. The largest absolute Gasteiger partial charge is 0.285 e. The van der Waals surface area contributed by atoms with Crippen molar-refractivity contribution in [1.82, 2.24) is 4.31 Å². The minimum absolute atomic E-state index is 0.778. The lowest BCUT2D eigenvalue weighted by molar-refractivity contribution is 0.755. The SMILES string of the molecule is [S]C1=CSCN1[S]. The summed E-state index contributed by atoms with van der Waals surface area (Å²) in [5.41, 5.74) is 0. The Kier molecular flexibility index (Phi) is 1.72. The molecule has 0 aromatic heterocycles. The van der Waals surface area contributed by atoms with E-state index in [9.17, 15) is 0 Å². The van der Waals surface area contributed by atoms with Crippen LogP contribution in [0.3, 0.4) is 0 Å². The van der Waals surface area contributed by atoms with Crippen molar-refractivity contribution in [1.29, 1.82) is 0 Å². The molecule has 0 unspecified atom stereocenters. The summed E-state index contributed by atoms with van der Waals surface area (Å²) in [6.07, 6.45) is 0. The monoisotopic (exact) mass is 149 g/mol. The van der Waals surface area contributed by atoms with Crippen molar-refractivity contribution in [3.8, 4) is 0 Å². The first-order valence-electron chi connectivity index (χ1n) is 1.74. The fourth-order valence-electron chi connectivity index (χ4n) is 0.299. The van der Waals surface area contributed by atoms with Crippen molar-refractivity contribution < 1.29 is 0 Å². The molecule has 0 fully saturated rings. The Morgan fingerprint density at radius 1 is 1.86 bits per heavy atom. The summed E-state index contributed by atoms with van der Waals surface area (Å²) in [6.45, 7) is 0. The standard InChI is InChI=1S/C3H3NS3/c5-3-1-7-2-4(3)6/h1H,2H2. The zero-order valence-electron chi connectivity index (χ0n) is 3.46. The van der Waals surface area contributed by atoms with Crippen LogP contribution in [0.5, 0.6) is 0 Å². The highest BCUT2D eigenvalue weighted by Gasteiger charge is 2.07. The van der Waals surface area contributed by atoms with E-state index in [1.165, 1.54) is 0 Å². The van der Waals surface area contributed by atoms with E-state index < -0.39 is 0 Å². The second kappa shape index (κ2) is 2.15. The van der Waals surface area contributed by atoms with Crippen molar-refractivity contribution in [2.75, 3.05) is 5.88 Å². The molecule has 0 amide bonds. The van der Waals surface area contributed by atoms with Crippen LogP contribution < -0.4 is 0 Å². The molecule has 38 valence electrons. The highest BCUT2D eigenvalue weighted by molar-refractivity contribution is 8.04. The van der Waals surface area contributed by atoms with Crippen molar-refractivity contribution in [2.45, 2.75) is 0 Å². The number of thioether (sulfide) groups is 1. The summed E-state index contributed by atoms with van der Waals surface area (Å²) < 4.78 is 1.62. The molecule has 1 heterocycles. The quantitative estimate of drug-likeness (QED) is 0.519. The predicted molar refractivity (Wildman–Crippen MR) is 37.6 cm³/mol. The third-order valence-electron chi connectivity index (χ3n) is 0.622. The third-order valence-corrected chi connectivity index (χ3v) is 2.51. The Morgan fingerprint density at radius 2 is 2.57 bits per heavy atom. The highest BCUT2D eigenvalue weighted by Crippen LogP contribution is 2.26. The smallest absolute Gasteiger partial charge is 0.119 e. The lowest BCUT2D eigenvalue weighted by Crippen LogP contribution is -1.99. The van der Waals surface area contributed by atoms with E-state index in [1.54, 1.807) is 16.1 Å². The molecule has 0 saturated carbocycles. The van der Waals surface area contributed by atoms with Gasteiger partial charge in [-0.25, -0.2) is 0 Å². The van der Waals surface area contributed by atoms with Crippen LogP contribution in [0, 0.1) is 0 Å². The lowest BCUT2D eigenvalue weighted by atomic mass is 11.0. The Balaban J connectivity index is 2.54. The van der Waals surface area contributed by atoms with E-state index in [2.05, 4.69) is 0 Å². The second-order valence-corrected chi connectivity index (χ2v) is 2.82. The molecule has 0 aromatic rings. The van der Waals surface area contributed by atoms with Gasteiger partial charge in [-0.1, -0.05) is 12.6 Å². The van der Waals surface area contributed by atoms with Crippen molar-refractivity contribution in [2.24, 2.45) is 0 Å². The molecule has 7 heavy (non-hydrogen) atoms. The Hall–Kier alpha value is 0.460. The maximum Gasteiger partial charge on any atom is 0.119 e. The molecule has 1 aliphatic rings. The summed E-state index contributed by atoms with van der Waals surface area (Å²) >= 11 is 11.2. The number of rotatable bonds is 0. The minimum atomic E-state index is 0.778. The molecule has 0 saturated heterocycles. The van der Waals surface area contributed by atoms with Gasteiger partial charge in [0.05, 0.1) is 5.88 Å². The van der Waals surface area contributed by atoms with Gasteiger partial charge in [-0.05, 0) is 0 Å². The predicted octanol–water partition coefficient (Wildman–Crippen LogP) is 2.10. The van der Waals surface area contributed by atoms with Gasteiger partial charge in [-0.3, -0.25) is 4.31 Å². The van der Waals surface area contributed by atoms with E-state index in [0.717, 1.165) is 10.9 Å². The first kappa shape index (κ1) is 5.59. The molecule has 0 spiro atoms. The van der Waals surface area contributed by atoms with Crippen molar-refractivity contribution in [3.63, 3.8) is 0 Å². The van der Waals surface area contributed by atoms with Gasteiger partial charge >= 0.3 is 0 Å². The molecule has 0 aliphatic carbocycles.